The summed E-state index contributed by atoms with van der Waals surface area (Å²) in [5.41, 5.74) is 5.50. The summed E-state index contributed by atoms with van der Waals surface area (Å²) >= 11 is 0. The third kappa shape index (κ3) is 10.5. The SMILES string of the molecule is CC(C)(C)c1ccc(CCC(CC2CCCCC2)OC(=O)OCC(=O)OCc2ccccc2)cc1NC(=O)CC1c2ccccc2Oc2ccccc21. The first kappa shape index (κ1) is 37.6. The number of fused-ring (bicyclic) bond motifs is 2. The zero-order valence-corrected chi connectivity index (χ0v) is 31.1. The third-order valence-corrected chi connectivity index (χ3v) is 10.3. The summed E-state index contributed by atoms with van der Waals surface area (Å²) in [4.78, 5) is 39.0. The molecule has 1 aliphatic heterocycles. The Hall–Kier alpha value is -5.11. The Morgan fingerprint density at radius 1 is 0.792 bits per heavy atom. The number of anilines is 1. The molecule has 53 heavy (non-hydrogen) atoms. The first-order valence-corrected chi connectivity index (χ1v) is 18.9. The van der Waals surface area contributed by atoms with Crippen LogP contribution in [-0.4, -0.2) is 30.7 Å². The Labute approximate surface area is 313 Å². The fraction of sp³-hybridized carbons (Fsp3) is 0.400. The van der Waals surface area contributed by atoms with Gasteiger partial charge in [-0.3, -0.25) is 4.79 Å². The number of aryl methyl sites for hydroxylation is 1. The van der Waals surface area contributed by atoms with Gasteiger partial charge in [-0.25, -0.2) is 9.59 Å². The molecule has 278 valence electrons. The van der Waals surface area contributed by atoms with Crippen LogP contribution in [0, 0.1) is 5.92 Å². The van der Waals surface area contributed by atoms with Gasteiger partial charge in [-0.1, -0.05) is 132 Å². The first-order chi connectivity index (χ1) is 25.6. The second-order valence-corrected chi connectivity index (χ2v) is 15.3. The zero-order valence-electron chi connectivity index (χ0n) is 31.1. The number of hydrogen-bond acceptors (Lipinski definition) is 7. The maximum absolute atomic E-state index is 13.9. The van der Waals surface area contributed by atoms with E-state index in [-0.39, 0.29) is 36.4 Å². The van der Waals surface area contributed by atoms with Gasteiger partial charge < -0.3 is 24.3 Å². The summed E-state index contributed by atoms with van der Waals surface area (Å²) < 4.78 is 22.5. The van der Waals surface area contributed by atoms with Crippen LogP contribution in [0.25, 0.3) is 0 Å². The molecule has 1 unspecified atom stereocenters. The molecular weight excluding hydrogens is 666 g/mol. The molecule has 0 bridgehead atoms. The number of carbonyl (C=O) groups excluding carboxylic acids is 3. The number of amides is 1. The average Bonchev–Trinajstić information content (AvgIpc) is 3.15. The number of ether oxygens (including phenoxy) is 4. The van der Waals surface area contributed by atoms with E-state index in [2.05, 4.69) is 44.3 Å². The molecule has 1 amide bonds. The molecule has 1 atom stereocenters. The molecule has 2 aliphatic rings. The van der Waals surface area contributed by atoms with Gasteiger partial charge in [0, 0.05) is 29.2 Å². The Bertz CT molecular complexity index is 1810. The quantitative estimate of drug-likeness (QED) is 0.137. The van der Waals surface area contributed by atoms with Gasteiger partial charge in [0.25, 0.3) is 0 Å². The number of para-hydroxylation sites is 2. The van der Waals surface area contributed by atoms with Crippen LogP contribution in [0.3, 0.4) is 0 Å². The summed E-state index contributed by atoms with van der Waals surface area (Å²) in [6.45, 7) is 6.01. The van der Waals surface area contributed by atoms with E-state index >= 15 is 0 Å². The lowest BCUT2D eigenvalue weighted by Gasteiger charge is -2.28. The van der Waals surface area contributed by atoms with Crippen molar-refractivity contribution >= 4 is 23.7 Å². The minimum Gasteiger partial charge on any atom is -0.458 e. The van der Waals surface area contributed by atoms with E-state index in [1.165, 1.54) is 19.3 Å². The van der Waals surface area contributed by atoms with Crippen molar-refractivity contribution in [2.75, 3.05) is 11.9 Å². The van der Waals surface area contributed by atoms with E-state index in [1.54, 1.807) is 0 Å². The normalized spacial score (nSPS) is 14.9. The highest BCUT2D eigenvalue weighted by Crippen LogP contribution is 2.45. The van der Waals surface area contributed by atoms with Gasteiger partial charge in [-0.05, 0) is 65.5 Å². The van der Waals surface area contributed by atoms with Gasteiger partial charge >= 0.3 is 12.1 Å². The molecule has 8 nitrogen and oxygen atoms in total. The Kier molecular flexibility index (Phi) is 12.5. The molecule has 0 saturated heterocycles. The van der Waals surface area contributed by atoms with Crippen LogP contribution in [0.15, 0.2) is 97.1 Å². The molecular formula is C45H51NO7. The second-order valence-electron chi connectivity index (χ2n) is 15.3. The van der Waals surface area contributed by atoms with Crippen LogP contribution in [0.4, 0.5) is 10.5 Å². The van der Waals surface area contributed by atoms with E-state index in [9.17, 15) is 14.4 Å². The Morgan fingerprint density at radius 2 is 1.45 bits per heavy atom. The summed E-state index contributed by atoms with van der Waals surface area (Å²) in [7, 11) is 0. The third-order valence-electron chi connectivity index (χ3n) is 10.3. The molecule has 1 heterocycles. The molecule has 1 aliphatic carbocycles. The monoisotopic (exact) mass is 717 g/mol. The van der Waals surface area contributed by atoms with Crippen molar-refractivity contribution in [1.82, 2.24) is 0 Å². The summed E-state index contributed by atoms with van der Waals surface area (Å²) in [6.07, 6.45) is 6.80. The standard InChI is InChI=1S/C45H51NO7/c1-45(2,3)38-25-23-32(27-39(38)46-42(47)28-37-35-18-10-12-20-40(35)53-41-21-13-11-19-36(37)41)22-24-34(26-31-14-6-4-7-15-31)52-44(49)51-30-43(48)50-29-33-16-8-5-9-17-33/h5,8-13,16-21,23,25,27,31,34,37H,4,6-7,14-15,22,24,26,28-30H2,1-3H3,(H,46,47). The lowest BCUT2D eigenvalue weighted by Crippen LogP contribution is -2.25. The van der Waals surface area contributed by atoms with Crippen LogP contribution in [-0.2, 0) is 42.2 Å². The van der Waals surface area contributed by atoms with Gasteiger partial charge in [0.05, 0.1) is 0 Å². The van der Waals surface area contributed by atoms with Gasteiger partial charge in [0.2, 0.25) is 5.91 Å². The maximum atomic E-state index is 13.9. The smallest absolute Gasteiger partial charge is 0.458 e. The fourth-order valence-corrected chi connectivity index (χ4v) is 7.53. The molecule has 0 radical (unpaired) electrons. The highest BCUT2D eigenvalue weighted by Gasteiger charge is 2.30. The minimum atomic E-state index is -0.866. The van der Waals surface area contributed by atoms with Crippen LogP contribution in [0.2, 0.25) is 0 Å². The number of benzene rings is 4. The summed E-state index contributed by atoms with van der Waals surface area (Å²) in [5.74, 6) is 1.18. The predicted octanol–water partition coefficient (Wildman–Crippen LogP) is 10.4. The predicted molar refractivity (Wildman–Crippen MR) is 205 cm³/mol. The van der Waals surface area contributed by atoms with Crippen molar-refractivity contribution in [3.05, 3.63) is 125 Å². The largest absolute Gasteiger partial charge is 0.509 e. The summed E-state index contributed by atoms with van der Waals surface area (Å²) in [6, 6.07) is 31.4. The second kappa shape index (κ2) is 17.6. The number of rotatable bonds is 13. The van der Waals surface area contributed by atoms with Gasteiger partial charge in [0.15, 0.2) is 6.61 Å². The van der Waals surface area contributed by atoms with Gasteiger partial charge in [0.1, 0.15) is 24.2 Å². The highest BCUT2D eigenvalue weighted by molar-refractivity contribution is 5.93. The maximum Gasteiger partial charge on any atom is 0.509 e. The molecule has 1 saturated carbocycles. The van der Waals surface area contributed by atoms with Gasteiger partial charge in [-0.15, -0.1) is 0 Å². The fourth-order valence-electron chi connectivity index (χ4n) is 7.53. The van der Waals surface area contributed by atoms with E-state index in [0.717, 1.165) is 64.3 Å². The van der Waals surface area contributed by atoms with Crippen molar-refractivity contribution in [3.63, 3.8) is 0 Å². The highest BCUT2D eigenvalue weighted by atomic mass is 16.7. The molecule has 8 heteroatoms. The van der Waals surface area contributed by atoms with Crippen molar-refractivity contribution in [2.24, 2.45) is 5.92 Å². The number of carbonyl (C=O) groups is 3. The number of hydrogen-bond donors (Lipinski definition) is 1. The Balaban J connectivity index is 1.11. The summed E-state index contributed by atoms with van der Waals surface area (Å²) in [5, 5.41) is 3.27. The first-order valence-electron chi connectivity index (χ1n) is 18.9. The van der Waals surface area contributed by atoms with E-state index in [0.29, 0.717) is 18.8 Å². The van der Waals surface area contributed by atoms with Crippen molar-refractivity contribution < 1.29 is 33.3 Å². The molecule has 0 spiro atoms. The molecule has 6 rings (SSSR count). The van der Waals surface area contributed by atoms with Crippen molar-refractivity contribution in [1.29, 1.82) is 0 Å². The van der Waals surface area contributed by atoms with E-state index in [4.69, 9.17) is 18.9 Å². The minimum absolute atomic E-state index is 0.0762. The lowest BCUT2D eigenvalue weighted by atomic mass is 9.83. The molecule has 1 N–H and O–H groups in total. The van der Waals surface area contributed by atoms with Crippen LogP contribution < -0.4 is 10.1 Å². The lowest BCUT2D eigenvalue weighted by molar-refractivity contribution is -0.149. The molecule has 0 aromatic heterocycles. The number of nitrogens with one attached hydrogen (secondary N) is 1. The molecule has 4 aromatic rings. The topological polar surface area (TPSA) is 100 Å². The van der Waals surface area contributed by atoms with Crippen molar-refractivity contribution in [2.45, 2.75) is 103 Å². The number of esters is 1. The molecule has 1 fully saturated rings. The van der Waals surface area contributed by atoms with E-state index < -0.39 is 18.7 Å². The van der Waals surface area contributed by atoms with E-state index in [1.807, 2.05) is 78.9 Å². The van der Waals surface area contributed by atoms with Crippen LogP contribution in [0.1, 0.15) is 106 Å². The van der Waals surface area contributed by atoms with Crippen molar-refractivity contribution in [3.8, 4) is 11.5 Å². The Morgan fingerprint density at radius 3 is 2.13 bits per heavy atom. The van der Waals surface area contributed by atoms with Gasteiger partial charge in [-0.2, -0.15) is 0 Å². The average molecular weight is 718 g/mol. The van der Waals surface area contributed by atoms with Crippen LogP contribution in [0.5, 0.6) is 11.5 Å². The zero-order chi connectivity index (χ0) is 37.2. The molecule has 4 aromatic carbocycles. The van der Waals surface area contributed by atoms with Crippen LogP contribution >= 0.6 is 0 Å².